The Morgan fingerprint density at radius 3 is 2.55 bits per heavy atom. The molecule has 1 fully saturated rings. The van der Waals surface area contributed by atoms with Gasteiger partial charge in [-0.15, -0.1) is 0 Å². The van der Waals surface area contributed by atoms with E-state index in [0.717, 1.165) is 42.3 Å². The van der Waals surface area contributed by atoms with Gasteiger partial charge in [0.25, 0.3) is 0 Å². The van der Waals surface area contributed by atoms with Crippen molar-refractivity contribution in [1.82, 2.24) is 14.7 Å². The molecular weight excluding hydrogens is 294 g/mol. The summed E-state index contributed by atoms with van der Waals surface area (Å²) in [6.07, 6.45) is 6.19. The molecule has 0 aliphatic carbocycles. The Kier molecular flexibility index (Phi) is 3.40. The van der Waals surface area contributed by atoms with Gasteiger partial charge in [0.2, 0.25) is 0 Å². The Balaban J connectivity index is 1.89. The van der Waals surface area contributed by atoms with E-state index in [9.17, 15) is 0 Å². The summed E-state index contributed by atoms with van der Waals surface area (Å²) in [5.74, 6) is 0. The van der Waals surface area contributed by atoms with Crippen LogP contribution >= 0.6 is 11.6 Å². The van der Waals surface area contributed by atoms with Crippen LogP contribution < -0.4 is 5.32 Å². The molecule has 0 radical (unpaired) electrons. The first kappa shape index (κ1) is 13.8. The largest absolute Gasteiger partial charge is 0.317 e. The molecule has 4 heteroatoms. The maximum absolute atomic E-state index is 6.11. The molecule has 1 aromatic carbocycles. The lowest BCUT2D eigenvalue weighted by molar-refractivity contribution is 0.355. The first-order valence-corrected chi connectivity index (χ1v) is 8.07. The number of fused-ring (bicyclic) bond motifs is 1. The van der Waals surface area contributed by atoms with E-state index in [0.29, 0.717) is 0 Å². The molecule has 0 unspecified atom stereocenters. The molecule has 1 saturated heterocycles. The number of nitrogens with one attached hydrogen (secondary N) is 1. The van der Waals surface area contributed by atoms with Crippen LogP contribution in [0.2, 0.25) is 5.02 Å². The second kappa shape index (κ2) is 5.41. The average molecular weight is 312 g/mol. The normalized spacial score (nSPS) is 17.7. The summed E-state index contributed by atoms with van der Waals surface area (Å²) in [6, 6.07) is 14.6. The van der Waals surface area contributed by atoms with Crippen molar-refractivity contribution >= 4 is 17.2 Å². The van der Waals surface area contributed by atoms with Crippen LogP contribution in [-0.4, -0.2) is 22.5 Å². The van der Waals surface area contributed by atoms with Crippen molar-refractivity contribution in [2.24, 2.45) is 0 Å². The van der Waals surface area contributed by atoms with Gasteiger partial charge in [0.15, 0.2) is 0 Å². The number of aromatic nitrogens is 2. The molecule has 0 saturated carbocycles. The predicted octanol–water partition coefficient (Wildman–Crippen LogP) is 3.66. The summed E-state index contributed by atoms with van der Waals surface area (Å²) in [7, 11) is 0. The highest BCUT2D eigenvalue weighted by Gasteiger charge is 2.37. The maximum atomic E-state index is 6.11. The van der Waals surface area contributed by atoms with Crippen molar-refractivity contribution in [2.75, 3.05) is 13.1 Å². The van der Waals surface area contributed by atoms with E-state index >= 15 is 0 Å². The number of halogens is 1. The van der Waals surface area contributed by atoms with Gasteiger partial charge in [-0.2, -0.15) is 0 Å². The Hall–Kier alpha value is -1.84. The van der Waals surface area contributed by atoms with Crippen LogP contribution in [0.1, 0.15) is 24.1 Å². The zero-order valence-electron chi connectivity index (χ0n) is 12.3. The molecule has 1 aliphatic rings. The van der Waals surface area contributed by atoms with E-state index in [-0.39, 0.29) is 5.41 Å². The first-order chi connectivity index (χ1) is 10.8. The number of imidazole rings is 1. The third-order valence-corrected chi connectivity index (χ3v) is 4.91. The van der Waals surface area contributed by atoms with Crippen molar-refractivity contribution < 1.29 is 0 Å². The summed E-state index contributed by atoms with van der Waals surface area (Å²) in [6.45, 7) is 2.03. The summed E-state index contributed by atoms with van der Waals surface area (Å²) >= 11 is 6.11. The molecule has 3 nitrogen and oxygen atoms in total. The van der Waals surface area contributed by atoms with Crippen LogP contribution in [0.15, 0.2) is 54.9 Å². The average Bonchev–Trinajstić information content (AvgIpc) is 3.00. The molecule has 1 N–H and O–H groups in total. The van der Waals surface area contributed by atoms with Crippen LogP contribution in [0, 0.1) is 0 Å². The number of nitrogens with zero attached hydrogens (tertiary/aromatic N) is 2. The molecule has 3 aromatic rings. The molecule has 3 heterocycles. The number of rotatable bonds is 2. The molecule has 0 bridgehead atoms. The molecule has 0 amide bonds. The molecular formula is C18H18ClN3. The van der Waals surface area contributed by atoms with Gasteiger partial charge in [0.1, 0.15) is 5.65 Å². The summed E-state index contributed by atoms with van der Waals surface area (Å²) in [4.78, 5) is 4.90. The maximum Gasteiger partial charge on any atom is 0.137 e. The van der Waals surface area contributed by atoms with Crippen LogP contribution in [0.25, 0.3) is 5.65 Å². The van der Waals surface area contributed by atoms with E-state index in [1.165, 1.54) is 5.56 Å². The predicted molar refractivity (Wildman–Crippen MR) is 89.5 cm³/mol. The minimum Gasteiger partial charge on any atom is -0.317 e. The molecule has 1 aliphatic heterocycles. The van der Waals surface area contributed by atoms with Crippen molar-refractivity contribution in [3.8, 4) is 0 Å². The summed E-state index contributed by atoms with van der Waals surface area (Å²) in [5, 5.41) is 4.20. The molecule has 4 rings (SSSR count). The molecule has 112 valence electrons. The minimum atomic E-state index is -0.00892. The Labute approximate surface area is 134 Å². The van der Waals surface area contributed by atoms with Gasteiger partial charge in [-0.25, -0.2) is 4.98 Å². The van der Waals surface area contributed by atoms with E-state index < -0.39 is 0 Å². The second-order valence-corrected chi connectivity index (χ2v) is 6.37. The fourth-order valence-corrected chi connectivity index (χ4v) is 3.67. The lowest BCUT2D eigenvalue weighted by Crippen LogP contribution is -2.41. The topological polar surface area (TPSA) is 29.3 Å². The standard InChI is InChI=1S/C18H18ClN3/c19-15-6-7-17-21-16(13-22(17)12-15)18(8-10-20-11-9-18)14-4-2-1-3-5-14/h1-7,12-13,20H,8-11H2. The minimum absolute atomic E-state index is 0.00892. The fraction of sp³-hybridized carbons (Fsp3) is 0.278. The van der Waals surface area contributed by atoms with E-state index in [4.69, 9.17) is 16.6 Å². The number of hydrogen-bond donors (Lipinski definition) is 1. The van der Waals surface area contributed by atoms with Crippen LogP contribution in [0.4, 0.5) is 0 Å². The Morgan fingerprint density at radius 1 is 1.00 bits per heavy atom. The highest BCUT2D eigenvalue weighted by Crippen LogP contribution is 2.39. The van der Waals surface area contributed by atoms with Crippen LogP contribution in [0.5, 0.6) is 0 Å². The van der Waals surface area contributed by atoms with E-state index in [2.05, 4.69) is 41.8 Å². The molecule has 22 heavy (non-hydrogen) atoms. The number of piperidine rings is 1. The van der Waals surface area contributed by atoms with Crippen molar-refractivity contribution in [2.45, 2.75) is 18.3 Å². The van der Waals surface area contributed by atoms with Crippen molar-refractivity contribution in [3.05, 3.63) is 71.1 Å². The van der Waals surface area contributed by atoms with E-state index in [1.807, 2.05) is 22.7 Å². The van der Waals surface area contributed by atoms with Gasteiger partial charge in [-0.3, -0.25) is 0 Å². The number of pyridine rings is 1. The zero-order valence-corrected chi connectivity index (χ0v) is 13.1. The van der Waals surface area contributed by atoms with Gasteiger partial charge in [0.05, 0.1) is 10.7 Å². The summed E-state index contributed by atoms with van der Waals surface area (Å²) in [5.41, 5.74) is 3.44. The SMILES string of the molecule is Clc1ccc2nc(C3(c4ccccc4)CCNCC3)cn2c1. The number of benzene rings is 1. The monoisotopic (exact) mass is 311 g/mol. The third kappa shape index (κ3) is 2.21. The highest BCUT2D eigenvalue weighted by molar-refractivity contribution is 6.30. The van der Waals surface area contributed by atoms with Gasteiger partial charge >= 0.3 is 0 Å². The molecule has 0 spiro atoms. The smallest absolute Gasteiger partial charge is 0.137 e. The van der Waals surface area contributed by atoms with Crippen molar-refractivity contribution in [1.29, 1.82) is 0 Å². The summed E-state index contributed by atoms with van der Waals surface area (Å²) < 4.78 is 2.03. The second-order valence-electron chi connectivity index (χ2n) is 5.94. The van der Waals surface area contributed by atoms with Gasteiger partial charge in [0, 0.05) is 17.8 Å². The molecule has 0 atom stereocenters. The van der Waals surface area contributed by atoms with Gasteiger partial charge in [-0.05, 0) is 43.6 Å². The lowest BCUT2D eigenvalue weighted by atomic mass is 9.71. The quantitative estimate of drug-likeness (QED) is 0.782. The highest BCUT2D eigenvalue weighted by atomic mass is 35.5. The van der Waals surface area contributed by atoms with Crippen molar-refractivity contribution in [3.63, 3.8) is 0 Å². The van der Waals surface area contributed by atoms with Crippen LogP contribution in [-0.2, 0) is 5.41 Å². The fourth-order valence-electron chi connectivity index (χ4n) is 3.50. The first-order valence-electron chi connectivity index (χ1n) is 7.69. The van der Waals surface area contributed by atoms with Gasteiger partial charge in [-0.1, -0.05) is 41.9 Å². The molecule has 2 aromatic heterocycles. The lowest BCUT2D eigenvalue weighted by Gasteiger charge is -2.37. The number of hydrogen-bond acceptors (Lipinski definition) is 2. The zero-order chi connectivity index (χ0) is 15.0. The van der Waals surface area contributed by atoms with Gasteiger partial charge < -0.3 is 9.72 Å². The van der Waals surface area contributed by atoms with E-state index in [1.54, 1.807) is 0 Å². The van der Waals surface area contributed by atoms with Crippen LogP contribution in [0.3, 0.4) is 0 Å². The third-order valence-electron chi connectivity index (χ3n) is 4.69. The Bertz CT molecular complexity index is 788. The Morgan fingerprint density at radius 2 is 1.77 bits per heavy atom.